The van der Waals surface area contributed by atoms with Crippen LogP contribution in [0.5, 0.6) is 0 Å². The molecule has 198 valence electrons. The van der Waals surface area contributed by atoms with Crippen LogP contribution >= 0.6 is 11.6 Å². The molecule has 0 saturated carbocycles. The number of piperidine rings is 1. The van der Waals surface area contributed by atoms with Crippen molar-refractivity contribution in [3.8, 4) is 11.8 Å². The summed E-state index contributed by atoms with van der Waals surface area (Å²) in [4.78, 5) is 30.6. The average molecular weight is 542 g/mol. The van der Waals surface area contributed by atoms with Gasteiger partial charge in [-0.15, -0.1) is 0 Å². The molecule has 4 rings (SSSR count). The molecule has 38 heavy (non-hydrogen) atoms. The van der Waals surface area contributed by atoms with Gasteiger partial charge < -0.3 is 15.0 Å². The quantitative estimate of drug-likeness (QED) is 0.458. The van der Waals surface area contributed by atoms with E-state index in [0.717, 1.165) is 11.6 Å². The predicted octanol–water partition coefficient (Wildman–Crippen LogP) is 5.24. The zero-order chi connectivity index (χ0) is 27.4. The summed E-state index contributed by atoms with van der Waals surface area (Å²) in [7, 11) is 0. The minimum atomic E-state index is -1.55. The Hall–Kier alpha value is -3.97. The van der Waals surface area contributed by atoms with Gasteiger partial charge in [-0.1, -0.05) is 41.6 Å². The molecule has 2 atom stereocenters. The van der Waals surface area contributed by atoms with Crippen LogP contribution < -0.4 is 5.32 Å². The van der Waals surface area contributed by atoms with Crippen molar-refractivity contribution >= 4 is 29.4 Å². The van der Waals surface area contributed by atoms with Crippen LogP contribution in [0.4, 0.5) is 19.4 Å². The maximum absolute atomic E-state index is 15.2. The highest BCUT2D eigenvalue weighted by Gasteiger charge is 2.37. The Bertz CT molecular complexity index is 1400. The van der Waals surface area contributed by atoms with Crippen molar-refractivity contribution in [1.82, 2.24) is 19.7 Å². The molecule has 1 fully saturated rings. The number of nitrogens with zero attached hydrogens (tertiary/aromatic N) is 4. The van der Waals surface area contributed by atoms with Crippen molar-refractivity contribution in [2.45, 2.75) is 45.0 Å². The van der Waals surface area contributed by atoms with E-state index in [-0.39, 0.29) is 36.0 Å². The summed E-state index contributed by atoms with van der Waals surface area (Å²) < 4.78 is 36.4. The zero-order valence-electron chi connectivity index (χ0n) is 21.0. The molecular weight excluding hydrogens is 516 g/mol. The van der Waals surface area contributed by atoms with Crippen molar-refractivity contribution in [1.29, 1.82) is 0 Å². The van der Waals surface area contributed by atoms with E-state index in [0.29, 0.717) is 5.56 Å². The second kappa shape index (κ2) is 11.2. The van der Waals surface area contributed by atoms with E-state index in [4.69, 9.17) is 16.3 Å². The highest BCUT2D eigenvalue weighted by Crippen LogP contribution is 2.30. The number of carbonyl (C=O) groups is 2. The molecule has 2 aromatic heterocycles. The Morgan fingerprint density at radius 1 is 1.16 bits per heavy atom. The number of nitrogens with one attached hydrogen (secondary N) is 1. The summed E-state index contributed by atoms with van der Waals surface area (Å²) in [5.74, 6) is 3.80. The van der Waals surface area contributed by atoms with Gasteiger partial charge in [-0.2, -0.15) is 5.10 Å². The second-order valence-corrected chi connectivity index (χ2v) is 10.1. The third-order valence-electron chi connectivity index (χ3n) is 5.64. The number of anilines is 1. The molecule has 1 aliphatic rings. The first kappa shape index (κ1) is 27.1. The molecule has 1 saturated heterocycles. The molecular formula is C27H26ClF2N5O3. The fraction of sp³-hybridized carbons (Fsp3) is 0.333. The highest BCUT2D eigenvalue weighted by molar-refractivity contribution is 6.34. The number of hydrogen-bond acceptors (Lipinski definition) is 5. The maximum Gasteiger partial charge on any atom is 0.410 e. The fourth-order valence-corrected chi connectivity index (χ4v) is 4.11. The van der Waals surface area contributed by atoms with E-state index in [1.54, 1.807) is 20.8 Å². The van der Waals surface area contributed by atoms with Crippen molar-refractivity contribution in [2.24, 2.45) is 0 Å². The number of hydrogen-bond donors (Lipinski definition) is 1. The van der Waals surface area contributed by atoms with Gasteiger partial charge in [-0.25, -0.2) is 18.6 Å². The third-order valence-corrected chi connectivity index (χ3v) is 5.91. The first-order valence-corrected chi connectivity index (χ1v) is 12.3. The number of benzene rings is 1. The van der Waals surface area contributed by atoms with Gasteiger partial charge in [0.05, 0.1) is 23.8 Å². The molecule has 1 aromatic carbocycles. The normalized spacial score (nSPS) is 17.4. The van der Waals surface area contributed by atoms with Crippen LogP contribution in [0.2, 0.25) is 5.02 Å². The Morgan fingerprint density at radius 3 is 2.53 bits per heavy atom. The van der Waals surface area contributed by atoms with E-state index >= 15 is 4.39 Å². The lowest BCUT2D eigenvalue weighted by atomic mass is 10.0. The average Bonchev–Trinajstić information content (AvgIpc) is 3.24. The van der Waals surface area contributed by atoms with Gasteiger partial charge >= 0.3 is 6.09 Å². The lowest BCUT2D eigenvalue weighted by molar-refractivity contribution is 0.00551. The molecule has 2 amide bonds. The molecule has 0 radical (unpaired) electrons. The summed E-state index contributed by atoms with van der Waals surface area (Å²) in [5.41, 5.74) is 0.233. The molecule has 8 nitrogen and oxygen atoms in total. The molecule has 3 heterocycles. The van der Waals surface area contributed by atoms with Gasteiger partial charge in [-0.3, -0.25) is 9.48 Å². The number of halogens is 3. The summed E-state index contributed by atoms with van der Waals surface area (Å²) in [6.07, 6.45) is 0.553. The van der Waals surface area contributed by atoms with E-state index in [1.807, 2.05) is 30.3 Å². The summed E-state index contributed by atoms with van der Waals surface area (Å²) in [6.45, 7) is 5.14. The molecule has 1 aliphatic heterocycles. The fourth-order valence-electron chi connectivity index (χ4n) is 3.90. The van der Waals surface area contributed by atoms with Crippen LogP contribution in [-0.4, -0.2) is 56.5 Å². The van der Waals surface area contributed by atoms with Crippen molar-refractivity contribution < 1.29 is 23.1 Å². The number of likely N-dealkylation sites (tertiary alicyclic amines) is 1. The van der Waals surface area contributed by atoms with Crippen LogP contribution in [0.15, 0.2) is 48.8 Å². The largest absolute Gasteiger partial charge is 0.444 e. The summed E-state index contributed by atoms with van der Waals surface area (Å²) in [5, 5.41) is 6.43. The van der Waals surface area contributed by atoms with Crippen LogP contribution in [0, 0.1) is 17.7 Å². The highest BCUT2D eigenvalue weighted by atomic mass is 35.5. The van der Waals surface area contributed by atoms with Crippen LogP contribution in [-0.2, 0) is 4.74 Å². The number of pyridine rings is 1. The van der Waals surface area contributed by atoms with Crippen molar-refractivity contribution in [3.05, 3.63) is 76.5 Å². The molecule has 11 heteroatoms. The molecule has 0 aliphatic carbocycles. The van der Waals surface area contributed by atoms with Gasteiger partial charge in [0.15, 0.2) is 11.6 Å². The van der Waals surface area contributed by atoms with Gasteiger partial charge in [0, 0.05) is 23.9 Å². The van der Waals surface area contributed by atoms with Gasteiger partial charge in [0.1, 0.15) is 17.5 Å². The lowest BCUT2D eigenvalue weighted by Crippen LogP contribution is -2.47. The van der Waals surface area contributed by atoms with E-state index < -0.39 is 35.6 Å². The molecule has 3 aromatic rings. The van der Waals surface area contributed by atoms with Gasteiger partial charge in [-0.05, 0) is 45.4 Å². The van der Waals surface area contributed by atoms with Crippen LogP contribution in [0.1, 0.15) is 54.8 Å². The predicted molar refractivity (Wildman–Crippen MR) is 138 cm³/mol. The summed E-state index contributed by atoms with van der Waals surface area (Å²) >= 11 is 6.21. The first-order chi connectivity index (χ1) is 18.0. The van der Waals surface area contributed by atoms with E-state index in [2.05, 4.69) is 27.2 Å². The minimum Gasteiger partial charge on any atom is -0.444 e. The summed E-state index contributed by atoms with van der Waals surface area (Å²) in [6, 6.07) is 9.47. The Morgan fingerprint density at radius 2 is 1.87 bits per heavy atom. The van der Waals surface area contributed by atoms with E-state index in [1.165, 1.54) is 22.0 Å². The van der Waals surface area contributed by atoms with Crippen LogP contribution in [0.3, 0.4) is 0 Å². The van der Waals surface area contributed by atoms with Crippen molar-refractivity contribution in [2.75, 3.05) is 18.4 Å². The molecule has 0 unspecified atom stereocenters. The number of aromatic nitrogens is 3. The minimum absolute atomic E-state index is 0.0324. The van der Waals surface area contributed by atoms with Gasteiger partial charge in [0.2, 0.25) is 0 Å². The van der Waals surface area contributed by atoms with E-state index in [9.17, 15) is 14.0 Å². The Balaban J connectivity index is 1.47. The van der Waals surface area contributed by atoms with Gasteiger partial charge in [0.25, 0.3) is 5.91 Å². The smallest absolute Gasteiger partial charge is 0.410 e. The number of rotatable bonds is 3. The van der Waals surface area contributed by atoms with Crippen molar-refractivity contribution in [3.63, 3.8) is 0 Å². The number of alkyl halides is 1. The second-order valence-electron chi connectivity index (χ2n) is 9.71. The Kier molecular flexibility index (Phi) is 7.97. The number of amides is 2. The SMILES string of the molecule is CC(C)(C)OC(=O)N1CC[C@@H](n2ncc(Cl)c2C(=O)Nc2ncc(C#Cc3ccccc3)cc2F)[C@H](F)C1. The number of ether oxygens (including phenoxy) is 1. The van der Waals surface area contributed by atoms with Crippen LogP contribution in [0.25, 0.3) is 0 Å². The maximum atomic E-state index is 15.2. The molecule has 1 N–H and O–H groups in total. The zero-order valence-corrected chi connectivity index (χ0v) is 21.8. The monoisotopic (exact) mass is 541 g/mol. The third kappa shape index (κ3) is 6.47. The lowest BCUT2D eigenvalue weighted by Gasteiger charge is -2.36. The Labute approximate surface area is 223 Å². The number of carbonyl (C=O) groups excluding carboxylic acids is 2. The molecule has 0 bridgehead atoms. The topological polar surface area (TPSA) is 89.4 Å². The first-order valence-electron chi connectivity index (χ1n) is 11.9. The molecule has 0 spiro atoms. The standard InChI is InChI=1S/C27H26ClF2N5O3/c1-27(2,3)38-26(37)34-12-11-22(21(30)16-34)35-23(19(28)15-32-35)25(36)33-24-20(29)13-18(14-31-24)10-9-17-7-5-4-6-8-17/h4-8,13-15,21-22H,11-12,16H2,1-3H3,(H,31,33,36)/t21-,22-/m1/s1.